The van der Waals surface area contributed by atoms with Gasteiger partial charge in [0, 0.05) is 12.8 Å². The van der Waals surface area contributed by atoms with Gasteiger partial charge in [0.25, 0.3) is 0 Å². The molecule has 0 amide bonds. The maximum absolute atomic E-state index is 11.7. The smallest absolute Gasteiger partial charge is 0.306 e. The summed E-state index contributed by atoms with van der Waals surface area (Å²) in [5.74, 6) is -0.291. The van der Waals surface area contributed by atoms with E-state index in [1.165, 1.54) is 19.3 Å². The van der Waals surface area contributed by atoms with E-state index in [4.69, 9.17) is 9.47 Å². The molecule has 0 aliphatic carbocycles. The van der Waals surface area contributed by atoms with Crippen LogP contribution < -0.4 is 0 Å². The molecule has 0 rings (SSSR count). The van der Waals surface area contributed by atoms with Crippen molar-refractivity contribution >= 4 is 11.9 Å². The highest BCUT2D eigenvalue weighted by Gasteiger charge is 2.11. The van der Waals surface area contributed by atoms with E-state index in [9.17, 15) is 9.59 Å². The maximum atomic E-state index is 11.7. The minimum atomic E-state index is -0.147. The summed E-state index contributed by atoms with van der Waals surface area (Å²) in [6, 6.07) is 0. The van der Waals surface area contributed by atoms with Crippen LogP contribution in [-0.4, -0.2) is 24.6 Å². The summed E-state index contributed by atoms with van der Waals surface area (Å²) in [5, 5.41) is 0. The van der Waals surface area contributed by atoms with Gasteiger partial charge in [0.05, 0.1) is 6.61 Å². The molecule has 136 valence electrons. The molecule has 0 bridgehead atoms. The summed E-state index contributed by atoms with van der Waals surface area (Å²) < 4.78 is 10.6. The highest BCUT2D eigenvalue weighted by molar-refractivity contribution is 5.70. The molecular weight excluding hydrogens is 292 g/mol. The Balaban J connectivity index is 3.51. The normalized spacial score (nSPS) is 12.0. The molecule has 0 aromatic carbocycles. The predicted molar refractivity (Wildman–Crippen MR) is 93.3 cm³/mol. The van der Waals surface area contributed by atoms with E-state index < -0.39 is 0 Å². The monoisotopic (exact) mass is 328 g/mol. The summed E-state index contributed by atoms with van der Waals surface area (Å²) in [6.45, 7) is 6.83. The fraction of sp³-hybridized carbons (Fsp3) is 0.895. The van der Waals surface area contributed by atoms with Gasteiger partial charge < -0.3 is 9.47 Å². The van der Waals surface area contributed by atoms with E-state index in [0.29, 0.717) is 32.3 Å². The van der Waals surface area contributed by atoms with Crippen molar-refractivity contribution in [1.29, 1.82) is 0 Å². The molecule has 4 nitrogen and oxygen atoms in total. The summed E-state index contributed by atoms with van der Waals surface area (Å²) in [6.07, 6.45) is 10.8. The van der Waals surface area contributed by atoms with Crippen molar-refractivity contribution in [2.75, 3.05) is 6.61 Å². The Kier molecular flexibility index (Phi) is 15.1. The number of carbonyl (C=O) groups excluding carboxylic acids is 2. The van der Waals surface area contributed by atoms with Crippen LogP contribution in [0.3, 0.4) is 0 Å². The zero-order valence-corrected chi connectivity index (χ0v) is 15.4. The zero-order chi connectivity index (χ0) is 17.3. The largest absolute Gasteiger partial charge is 0.466 e. The highest BCUT2D eigenvalue weighted by Crippen LogP contribution is 2.10. The van der Waals surface area contributed by atoms with Gasteiger partial charge in [-0.3, -0.25) is 9.59 Å². The molecule has 0 aliphatic rings. The molecular formula is C19H36O4. The lowest BCUT2D eigenvalue weighted by Crippen LogP contribution is -2.17. The Morgan fingerprint density at radius 3 is 2.04 bits per heavy atom. The molecule has 0 heterocycles. The summed E-state index contributed by atoms with van der Waals surface area (Å²) in [7, 11) is 0. The topological polar surface area (TPSA) is 52.6 Å². The number of hydrogen-bond acceptors (Lipinski definition) is 4. The van der Waals surface area contributed by atoms with Crippen molar-refractivity contribution < 1.29 is 19.1 Å². The van der Waals surface area contributed by atoms with E-state index in [0.717, 1.165) is 32.1 Å². The minimum absolute atomic E-state index is 0.0465. The maximum Gasteiger partial charge on any atom is 0.306 e. The van der Waals surface area contributed by atoms with Crippen LogP contribution in [0.2, 0.25) is 0 Å². The van der Waals surface area contributed by atoms with E-state index in [1.54, 1.807) is 0 Å². The molecule has 0 saturated carbocycles. The second-order valence-corrected chi connectivity index (χ2v) is 6.15. The summed E-state index contributed by atoms with van der Waals surface area (Å²) in [4.78, 5) is 23.2. The number of rotatable bonds is 15. The van der Waals surface area contributed by atoms with Crippen LogP contribution in [0.25, 0.3) is 0 Å². The van der Waals surface area contributed by atoms with Crippen LogP contribution in [-0.2, 0) is 19.1 Å². The van der Waals surface area contributed by atoms with Gasteiger partial charge in [0.15, 0.2) is 0 Å². The lowest BCUT2D eigenvalue weighted by molar-refractivity contribution is -0.150. The zero-order valence-electron chi connectivity index (χ0n) is 15.4. The number of ether oxygens (including phenoxy) is 2. The molecule has 0 aliphatic heterocycles. The highest BCUT2D eigenvalue weighted by atomic mass is 16.5. The van der Waals surface area contributed by atoms with Gasteiger partial charge in [-0.05, 0) is 32.1 Å². The van der Waals surface area contributed by atoms with E-state index in [2.05, 4.69) is 13.8 Å². The molecule has 1 unspecified atom stereocenters. The van der Waals surface area contributed by atoms with Gasteiger partial charge in [-0.2, -0.15) is 0 Å². The molecule has 0 fully saturated rings. The van der Waals surface area contributed by atoms with E-state index >= 15 is 0 Å². The number of carbonyl (C=O) groups is 2. The second kappa shape index (κ2) is 15.8. The van der Waals surface area contributed by atoms with Crippen molar-refractivity contribution in [2.24, 2.45) is 0 Å². The fourth-order valence-electron chi connectivity index (χ4n) is 2.42. The molecule has 4 heteroatoms. The molecule has 23 heavy (non-hydrogen) atoms. The number of unbranched alkanes of at least 4 members (excludes halogenated alkanes) is 5. The van der Waals surface area contributed by atoms with Crippen LogP contribution in [0.15, 0.2) is 0 Å². The lowest BCUT2D eigenvalue weighted by atomic mass is 10.1. The Morgan fingerprint density at radius 1 is 0.783 bits per heavy atom. The first kappa shape index (κ1) is 21.9. The van der Waals surface area contributed by atoms with Crippen LogP contribution in [0.5, 0.6) is 0 Å². The fourth-order valence-corrected chi connectivity index (χ4v) is 2.42. The minimum Gasteiger partial charge on any atom is -0.466 e. The van der Waals surface area contributed by atoms with Crippen LogP contribution in [0.1, 0.15) is 97.8 Å². The summed E-state index contributed by atoms with van der Waals surface area (Å²) >= 11 is 0. The van der Waals surface area contributed by atoms with Gasteiger partial charge in [0.1, 0.15) is 6.10 Å². The third kappa shape index (κ3) is 14.3. The Labute approximate surface area is 142 Å². The van der Waals surface area contributed by atoms with Crippen LogP contribution >= 0.6 is 0 Å². The molecule has 0 saturated heterocycles. The van der Waals surface area contributed by atoms with Crippen LogP contribution in [0.4, 0.5) is 0 Å². The first-order chi connectivity index (χ1) is 11.1. The second-order valence-electron chi connectivity index (χ2n) is 6.15. The van der Waals surface area contributed by atoms with Gasteiger partial charge in [-0.15, -0.1) is 0 Å². The van der Waals surface area contributed by atoms with Crippen molar-refractivity contribution in [3.63, 3.8) is 0 Å². The third-order valence-corrected chi connectivity index (χ3v) is 3.89. The van der Waals surface area contributed by atoms with Crippen molar-refractivity contribution in [3.05, 3.63) is 0 Å². The Morgan fingerprint density at radius 2 is 1.43 bits per heavy atom. The van der Waals surface area contributed by atoms with Gasteiger partial charge in [-0.1, -0.05) is 52.9 Å². The average molecular weight is 328 g/mol. The Hall–Kier alpha value is -1.06. The van der Waals surface area contributed by atoms with Gasteiger partial charge in [0.2, 0.25) is 0 Å². The molecule has 0 aromatic rings. The quantitative estimate of drug-likeness (QED) is 0.307. The molecule has 0 radical (unpaired) electrons. The SMILES string of the molecule is CCCCCCCOC(=O)CCCCC(=O)OC(CC)CCC. The Bertz CT molecular complexity index is 302. The molecule has 1 atom stereocenters. The van der Waals surface area contributed by atoms with E-state index in [-0.39, 0.29) is 18.0 Å². The standard InChI is InChI=1S/C19H36O4/c1-4-7-8-9-12-16-22-18(20)14-10-11-15-19(21)23-17(6-3)13-5-2/h17H,4-16H2,1-3H3. The van der Waals surface area contributed by atoms with Crippen molar-refractivity contribution in [1.82, 2.24) is 0 Å². The first-order valence-electron chi connectivity index (χ1n) is 9.49. The molecule has 0 spiro atoms. The van der Waals surface area contributed by atoms with Gasteiger partial charge in [-0.25, -0.2) is 0 Å². The summed E-state index contributed by atoms with van der Waals surface area (Å²) in [5.41, 5.74) is 0. The van der Waals surface area contributed by atoms with Crippen LogP contribution in [0, 0.1) is 0 Å². The molecule has 0 N–H and O–H groups in total. The van der Waals surface area contributed by atoms with Crippen molar-refractivity contribution in [3.8, 4) is 0 Å². The first-order valence-corrected chi connectivity index (χ1v) is 9.49. The average Bonchev–Trinajstić information content (AvgIpc) is 2.54. The number of hydrogen-bond donors (Lipinski definition) is 0. The van der Waals surface area contributed by atoms with Crippen molar-refractivity contribution in [2.45, 2.75) is 104 Å². The molecule has 0 aromatic heterocycles. The lowest BCUT2D eigenvalue weighted by Gasteiger charge is -2.15. The van der Waals surface area contributed by atoms with E-state index in [1.807, 2.05) is 6.92 Å². The third-order valence-electron chi connectivity index (χ3n) is 3.89. The predicted octanol–water partition coefficient (Wildman–Crippen LogP) is 5.18. The number of esters is 2. The van der Waals surface area contributed by atoms with Gasteiger partial charge >= 0.3 is 11.9 Å².